The Balaban J connectivity index is 1.57. The lowest BCUT2D eigenvalue weighted by molar-refractivity contribution is -0.384. The second kappa shape index (κ2) is 7.12. The van der Waals surface area contributed by atoms with E-state index >= 15 is 0 Å². The van der Waals surface area contributed by atoms with Gasteiger partial charge >= 0.3 is 0 Å². The van der Waals surface area contributed by atoms with Crippen LogP contribution >= 0.6 is 0 Å². The third-order valence-electron chi connectivity index (χ3n) is 4.23. The quantitative estimate of drug-likeness (QED) is 0.640. The van der Waals surface area contributed by atoms with E-state index in [0.717, 1.165) is 13.1 Å². The van der Waals surface area contributed by atoms with Crippen molar-refractivity contribution in [3.63, 3.8) is 0 Å². The van der Waals surface area contributed by atoms with Gasteiger partial charge in [-0.1, -0.05) is 30.3 Å². The second-order valence-corrected chi connectivity index (χ2v) is 5.81. The average Bonchev–Trinajstić information content (AvgIpc) is 2.63. The van der Waals surface area contributed by atoms with Crippen LogP contribution in [0.5, 0.6) is 0 Å². The molecule has 0 bridgehead atoms. The van der Waals surface area contributed by atoms with E-state index < -0.39 is 4.92 Å². The molecule has 0 saturated carbocycles. The summed E-state index contributed by atoms with van der Waals surface area (Å²) in [4.78, 5) is 26.9. The Morgan fingerprint density at radius 3 is 2.38 bits per heavy atom. The molecule has 0 atom stereocenters. The molecule has 0 aliphatic carbocycles. The van der Waals surface area contributed by atoms with Crippen LogP contribution in [0.25, 0.3) is 0 Å². The number of nitro groups is 1. The van der Waals surface area contributed by atoms with Gasteiger partial charge in [0.2, 0.25) is 5.91 Å². The molecule has 0 radical (unpaired) electrons. The minimum atomic E-state index is -0.438. The van der Waals surface area contributed by atoms with Crippen molar-refractivity contribution in [1.82, 2.24) is 4.90 Å². The zero-order valence-electron chi connectivity index (χ0n) is 13.3. The number of non-ortho nitro benzene ring substituents is 1. The van der Waals surface area contributed by atoms with Gasteiger partial charge in [0.15, 0.2) is 0 Å². The molecule has 0 aromatic heterocycles. The van der Waals surface area contributed by atoms with Crippen LogP contribution in [0.3, 0.4) is 0 Å². The van der Waals surface area contributed by atoms with Crippen molar-refractivity contribution in [2.24, 2.45) is 0 Å². The Labute approximate surface area is 140 Å². The summed E-state index contributed by atoms with van der Waals surface area (Å²) < 4.78 is 0. The van der Waals surface area contributed by atoms with Crippen LogP contribution in [0.4, 0.5) is 11.4 Å². The van der Waals surface area contributed by atoms with Gasteiger partial charge in [0.25, 0.3) is 5.69 Å². The molecular formula is C18H19N3O3. The van der Waals surface area contributed by atoms with E-state index in [4.69, 9.17) is 0 Å². The number of hydrogen-bond donors (Lipinski definition) is 0. The van der Waals surface area contributed by atoms with Gasteiger partial charge in [0, 0.05) is 44.0 Å². The Hall–Kier alpha value is -2.89. The number of nitro benzene ring substituents is 1. The number of anilines is 1. The molecule has 2 aromatic carbocycles. The molecule has 1 fully saturated rings. The summed E-state index contributed by atoms with van der Waals surface area (Å²) in [5.41, 5.74) is 1.87. The Morgan fingerprint density at radius 1 is 1.00 bits per heavy atom. The molecule has 0 spiro atoms. The molecule has 0 N–H and O–H groups in total. The Morgan fingerprint density at radius 2 is 1.71 bits per heavy atom. The van der Waals surface area contributed by atoms with Crippen LogP contribution in [-0.2, 0) is 11.2 Å². The summed E-state index contributed by atoms with van der Waals surface area (Å²) in [6, 6.07) is 16.4. The predicted molar refractivity (Wildman–Crippen MR) is 92.0 cm³/mol. The fourth-order valence-corrected chi connectivity index (χ4v) is 2.92. The van der Waals surface area contributed by atoms with Crippen molar-refractivity contribution >= 4 is 17.3 Å². The summed E-state index contributed by atoms with van der Waals surface area (Å²) in [7, 11) is 0. The average molecular weight is 325 g/mol. The molecule has 1 saturated heterocycles. The van der Waals surface area contributed by atoms with E-state index in [0.29, 0.717) is 18.7 Å². The van der Waals surface area contributed by atoms with E-state index in [1.807, 2.05) is 23.1 Å². The highest BCUT2D eigenvalue weighted by molar-refractivity contribution is 5.79. The number of hydrogen-bond acceptors (Lipinski definition) is 4. The summed E-state index contributed by atoms with van der Waals surface area (Å²) in [6.07, 6.45) is 0.201. The minimum Gasteiger partial charge on any atom is -0.368 e. The van der Waals surface area contributed by atoms with Crippen LogP contribution in [0.2, 0.25) is 0 Å². The van der Waals surface area contributed by atoms with Crippen LogP contribution < -0.4 is 4.90 Å². The number of nitrogens with zero attached hydrogens (tertiary/aromatic N) is 3. The van der Waals surface area contributed by atoms with Crippen LogP contribution in [0.1, 0.15) is 5.56 Å². The number of rotatable bonds is 4. The van der Waals surface area contributed by atoms with E-state index in [-0.39, 0.29) is 18.0 Å². The second-order valence-electron chi connectivity index (χ2n) is 5.81. The molecule has 1 aliphatic heterocycles. The lowest BCUT2D eigenvalue weighted by Crippen LogP contribution is -2.49. The fourth-order valence-electron chi connectivity index (χ4n) is 2.92. The molecule has 2 aromatic rings. The van der Waals surface area contributed by atoms with Crippen molar-refractivity contribution in [2.75, 3.05) is 31.1 Å². The maximum absolute atomic E-state index is 12.4. The fraction of sp³-hybridized carbons (Fsp3) is 0.278. The third-order valence-corrected chi connectivity index (χ3v) is 4.23. The molecule has 6 heteroatoms. The van der Waals surface area contributed by atoms with E-state index in [1.54, 1.807) is 12.1 Å². The van der Waals surface area contributed by atoms with Gasteiger partial charge in [-0.2, -0.15) is 0 Å². The first-order valence-corrected chi connectivity index (χ1v) is 7.94. The van der Waals surface area contributed by atoms with Crippen molar-refractivity contribution in [1.29, 1.82) is 0 Å². The van der Waals surface area contributed by atoms with Gasteiger partial charge in [-0.15, -0.1) is 0 Å². The number of benzene rings is 2. The topological polar surface area (TPSA) is 66.7 Å². The molecular weight excluding hydrogens is 306 g/mol. The zero-order chi connectivity index (χ0) is 16.9. The van der Waals surface area contributed by atoms with E-state index in [2.05, 4.69) is 17.0 Å². The standard InChI is InChI=1S/C18H19N3O3/c22-18(14-15-5-4-8-17(13-15)21(23)24)20-11-9-19(10-12-20)16-6-2-1-3-7-16/h1-8,13H,9-12,14H2. The maximum Gasteiger partial charge on any atom is 0.269 e. The Bertz CT molecular complexity index is 725. The number of para-hydroxylation sites is 1. The lowest BCUT2D eigenvalue weighted by atomic mass is 10.1. The van der Waals surface area contributed by atoms with Gasteiger partial charge in [-0.25, -0.2) is 0 Å². The summed E-state index contributed by atoms with van der Waals surface area (Å²) in [5, 5.41) is 10.8. The third kappa shape index (κ3) is 3.71. The summed E-state index contributed by atoms with van der Waals surface area (Å²) >= 11 is 0. The van der Waals surface area contributed by atoms with Gasteiger partial charge in [-0.05, 0) is 17.7 Å². The largest absolute Gasteiger partial charge is 0.368 e. The number of carbonyl (C=O) groups excluding carboxylic acids is 1. The molecule has 6 nitrogen and oxygen atoms in total. The summed E-state index contributed by atoms with van der Waals surface area (Å²) in [5.74, 6) is 0.0169. The van der Waals surface area contributed by atoms with Crippen molar-refractivity contribution in [3.8, 4) is 0 Å². The predicted octanol–water partition coefficient (Wildman–Crippen LogP) is 2.49. The number of carbonyl (C=O) groups is 1. The highest BCUT2D eigenvalue weighted by Crippen LogP contribution is 2.17. The summed E-state index contributed by atoms with van der Waals surface area (Å²) in [6.45, 7) is 2.93. The molecule has 124 valence electrons. The van der Waals surface area contributed by atoms with Crippen molar-refractivity contribution in [2.45, 2.75) is 6.42 Å². The SMILES string of the molecule is O=C(Cc1cccc([N+](=O)[O-])c1)N1CCN(c2ccccc2)CC1. The van der Waals surface area contributed by atoms with Crippen LogP contribution in [0, 0.1) is 10.1 Å². The van der Waals surface area contributed by atoms with Gasteiger partial charge in [-0.3, -0.25) is 14.9 Å². The molecule has 1 heterocycles. The maximum atomic E-state index is 12.4. The molecule has 0 unspecified atom stereocenters. The zero-order valence-corrected chi connectivity index (χ0v) is 13.3. The van der Waals surface area contributed by atoms with Crippen molar-refractivity contribution < 1.29 is 9.72 Å². The first kappa shape index (κ1) is 16.0. The highest BCUT2D eigenvalue weighted by atomic mass is 16.6. The minimum absolute atomic E-state index is 0.0169. The smallest absolute Gasteiger partial charge is 0.269 e. The van der Waals surface area contributed by atoms with Gasteiger partial charge in [0.1, 0.15) is 0 Å². The molecule has 3 rings (SSSR count). The first-order chi connectivity index (χ1) is 11.6. The van der Waals surface area contributed by atoms with Crippen LogP contribution in [0.15, 0.2) is 54.6 Å². The van der Waals surface area contributed by atoms with E-state index in [9.17, 15) is 14.9 Å². The van der Waals surface area contributed by atoms with Crippen LogP contribution in [-0.4, -0.2) is 41.9 Å². The van der Waals surface area contributed by atoms with E-state index in [1.165, 1.54) is 17.8 Å². The lowest BCUT2D eigenvalue weighted by Gasteiger charge is -2.36. The van der Waals surface area contributed by atoms with Crippen molar-refractivity contribution in [3.05, 3.63) is 70.3 Å². The molecule has 1 amide bonds. The van der Waals surface area contributed by atoms with Gasteiger partial charge < -0.3 is 9.80 Å². The highest BCUT2D eigenvalue weighted by Gasteiger charge is 2.21. The van der Waals surface area contributed by atoms with Gasteiger partial charge in [0.05, 0.1) is 11.3 Å². The number of piperazine rings is 1. The monoisotopic (exact) mass is 325 g/mol. The normalized spacial score (nSPS) is 14.5. The number of amides is 1. The first-order valence-electron chi connectivity index (χ1n) is 7.94. The Kier molecular flexibility index (Phi) is 4.74. The molecule has 24 heavy (non-hydrogen) atoms. The molecule has 1 aliphatic rings.